The number of fused-ring (bicyclic) bond motifs is 3. The summed E-state index contributed by atoms with van der Waals surface area (Å²) in [7, 11) is 0. The molecule has 0 aromatic rings. The van der Waals surface area contributed by atoms with Gasteiger partial charge < -0.3 is 9.94 Å². The zero-order valence-electron chi connectivity index (χ0n) is 17.1. The van der Waals surface area contributed by atoms with E-state index in [0.717, 1.165) is 51.4 Å². The minimum Gasteiger partial charge on any atom is -0.466 e. The second kappa shape index (κ2) is 5.81. The van der Waals surface area contributed by atoms with Crippen LogP contribution in [0.25, 0.3) is 0 Å². The molecule has 4 saturated carbocycles. The summed E-state index contributed by atoms with van der Waals surface area (Å²) in [5.74, 6) is 0.532. The third-order valence-electron chi connectivity index (χ3n) is 9.09. The lowest BCUT2D eigenvalue weighted by Crippen LogP contribution is -2.60. The Balaban J connectivity index is 1.76. The van der Waals surface area contributed by atoms with E-state index in [-0.39, 0.29) is 34.4 Å². The van der Waals surface area contributed by atoms with Crippen molar-refractivity contribution in [2.24, 2.45) is 38.7 Å². The Kier molecular flexibility index (Phi) is 4.07. The number of oxime groups is 1. The third kappa shape index (κ3) is 2.20. The first kappa shape index (κ1) is 18.9. The van der Waals surface area contributed by atoms with Crippen LogP contribution in [-0.4, -0.2) is 29.3 Å². The van der Waals surface area contributed by atoms with Gasteiger partial charge in [0.25, 0.3) is 0 Å². The van der Waals surface area contributed by atoms with Crippen molar-refractivity contribution in [2.75, 3.05) is 6.61 Å². The second-order valence-corrected chi connectivity index (χ2v) is 10.4. The van der Waals surface area contributed by atoms with E-state index in [9.17, 15) is 14.8 Å². The topological polar surface area (TPSA) is 76.0 Å². The molecule has 0 amide bonds. The molecule has 0 aliphatic heterocycles. The zero-order chi connectivity index (χ0) is 19.7. The highest BCUT2D eigenvalue weighted by Gasteiger charge is 2.71. The number of nitrogens with zero attached hydrogens (tertiary/aromatic N) is 1. The molecule has 4 fully saturated rings. The van der Waals surface area contributed by atoms with Crippen molar-refractivity contribution in [3.05, 3.63) is 0 Å². The molecule has 27 heavy (non-hydrogen) atoms. The van der Waals surface area contributed by atoms with Crippen LogP contribution in [0.1, 0.15) is 79.1 Å². The molecule has 1 N–H and O–H groups in total. The van der Waals surface area contributed by atoms with E-state index in [1.54, 1.807) is 0 Å². The molecule has 150 valence electrons. The maximum Gasteiger partial charge on any atom is 0.312 e. The molecule has 0 unspecified atom stereocenters. The first-order valence-electron chi connectivity index (χ1n) is 10.6. The van der Waals surface area contributed by atoms with Crippen LogP contribution in [0.3, 0.4) is 0 Å². The molecule has 0 saturated heterocycles. The maximum atomic E-state index is 13.4. The Morgan fingerprint density at radius 3 is 2.52 bits per heavy atom. The van der Waals surface area contributed by atoms with Crippen LogP contribution in [-0.2, 0) is 14.3 Å². The fourth-order valence-corrected chi connectivity index (χ4v) is 8.02. The van der Waals surface area contributed by atoms with Crippen LogP contribution >= 0.6 is 0 Å². The van der Waals surface area contributed by atoms with Gasteiger partial charge in [0.1, 0.15) is 5.71 Å². The fourth-order valence-electron chi connectivity index (χ4n) is 8.02. The molecular weight excluding hydrogens is 342 g/mol. The number of carbonyl (C=O) groups excluding carboxylic acids is 2. The minimum atomic E-state index is -0.457. The van der Waals surface area contributed by atoms with E-state index in [1.807, 2.05) is 6.92 Å². The number of ether oxygens (including phenoxy) is 1. The zero-order valence-corrected chi connectivity index (χ0v) is 17.1. The molecule has 2 bridgehead atoms. The largest absolute Gasteiger partial charge is 0.466 e. The third-order valence-corrected chi connectivity index (χ3v) is 9.09. The summed E-state index contributed by atoms with van der Waals surface area (Å²) >= 11 is 0. The summed E-state index contributed by atoms with van der Waals surface area (Å²) in [6.07, 6.45) is 7.30. The smallest absolute Gasteiger partial charge is 0.312 e. The van der Waals surface area contributed by atoms with Gasteiger partial charge >= 0.3 is 5.97 Å². The normalized spacial score (nSPS) is 50.2. The molecule has 4 aliphatic carbocycles. The SMILES string of the molecule is CCOC(=O)[C@]1(C)CCC[C@@]2(C)[C@@H]3CC[C@@]4(C)C[C@]3(CC[C@@H]21)C(=O)/C4=N\O. The molecule has 0 heterocycles. The van der Waals surface area contributed by atoms with E-state index < -0.39 is 10.8 Å². The lowest BCUT2D eigenvalue weighted by Gasteiger charge is -2.63. The van der Waals surface area contributed by atoms with E-state index in [4.69, 9.17) is 4.74 Å². The average molecular weight is 376 g/mol. The number of hydrogen-bond acceptors (Lipinski definition) is 5. The Morgan fingerprint density at radius 1 is 1.15 bits per heavy atom. The van der Waals surface area contributed by atoms with Crippen molar-refractivity contribution in [2.45, 2.75) is 79.1 Å². The van der Waals surface area contributed by atoms with Gasteiger partial charge in [-0.1, -0.05) is 25.4 Å². The number of ketones is 1. The number of hydrogen-bond donors (Lipinski definition) is 1. The van der Waals surface area contributed by atoms with Crippen LogP contribution in [0.2, 0.25) is 0 Å². The molecule has 5 heteroatoms. The summed E-state index contributed by atoms with van der Waals surface area (Å²) in [5, 5.41) is 13.0. The van der Waals surface area contributed by atoms with E-state index in [1.165, 1.54) is 0 Å². The van der Waals surface area contributed by atoms with Crippen molar-refractivity contribution in [3.8, 4) is 0 Å². The van der Waals surface area contributed by atoms with Gasteiger partial charge in [-0.05, 0) is 76.0 Å². The van der Waals surface area contributed by atoms with Gasteiger partial charge in [-0.3, -0.25) is 9.59 Å². The van der Waals surface area contributed by atoms with Crippen molar-refractivity contribution < 1.29 is 19.5 Å². The van der Waals surface area contributed by atoms with Gasteiger partial charge in [0, 0.05) is 10.8 Å². The van der Waals surface area contributed by atoms with Gasteiger partial charge in [-0.2, -0.15) is 0 Å². The number of Topliss-reactive ketones (excluding diaryl/α,β-unsaturated/α-hetero) is 1. The van der Waals surface area contributed by atoms with Crippen molar-refractivity contribution in [3.63, 3.8) is 0 Å². The number of esters is 1. The molecule has 5 nitrogen and oxygen atoms in total. The molecule has 4 rings (SSSR count). The standard InChI is InChI=1S/C22H33NO4/c1-5-27-18(25)21(4)10-6-9-20(3)14(21)8-12-22-13-19(2,11-7-15(20)22)16(23-26)17(22)24/h14-15,26H,5-13H2,1-4H3/b23-16+/t14-,15-,19-,20+,21+,22-/m0/s1. The molecular formula is C22H33NO4. The second-order valence-electron chi connectivity index (χ2n) is 10.4. The van der Waals surface area contributed by atoms with Crippen LogP contribution in [0, 0.1) is 33.5 Å². The van der Waals surface area contributed by atoms with Crippen LogP contribution in [0.4, 0.5) is 0 Å². The van der Waals surface area contributed by atoms with Crippen LogP contribution in [0.5, 0.6) is 0 Å². The van der Waals surface area contributed by atoms with Gasteiger partial charge in [0.15, 0.2) is 5.78 Å². The highest BCUT2D eigenvalue weighted by molar-refractivity contribution is 6.45. The van der Waals surface area contributed by atoms with Crippen molar-refractivity contribution in [1.29, 1.82) is 0 Å². The van der Waals surface area contributed by atoms with E-state index in [2.05, 4.69) is 25.9 Å². The van der Waals surface area contributed by atoms with Crippen LogP contribution in [0.15, 0.2) is 5.16 Å². The Morgan fingerprint density at radius 2 is 1.85 bits per heavy atom. The monoisotopic (exact) mass is 375 g/mol. The summed E-state index contributed by atoms with van der Waals surface area (Å²) < 4.78 is 5.49. The number of rotatable bonds is 2. The summed E-state index contributed by atoms with van der Waals surface area (Å²) in [5.41, 5.74) is -0.783. The fraction of sp³-hybridized carbons (Fsp3) is 0.864. The molecule has 4 aliphatic rings. The molecule has 0 radical (unpaired) electrons. The average Bonchev–Trinajstić information content (AvgIpc) is 2.76. The predicted molar refractivity (Wildman–Crippen MR) is 102 cm³/mol. The van der Waals surface area contributed by atoms with Gasteiger partial charge in [0.2, 0.25) is 0 Å². The highest BCUT2D eigenvalue weighted by atomic mass is 16.5. The molecule has 0 aromatic heterocycles. The first-order chi connectivity index (χ1) is 12.7. The molecule has 6 atom stereocenters. The van der Waals surface area contributed by atoms with E-state index in [0.29, 0.717) is 12.3 Å². The lowest BCUT2D eigenvalue weighted by atomic mass is 9.40. The van der Waals surface area contributed by atoms with Crippen molar-refractivity contribution in [1.82, 2.24) is 0 Å². The maximum absolute atomic E-state index is 13.4. The van der Waals surface area contributed by atoms with Gasteiger partial charge in [0.05, 0.1) is 12.0 Å². The highest BCUT2D eigenvalue weighted by Crippen LogP contribution is 2.72. The van der Waals surface area contributed by atoms with Gasteiger partial charge in [-0.15, -0.1) is 0 Å². The van der Waals surface area contributed by atoms with Gasteiger partial charge in [-0.25, -0.2) is 0 Å². The number of carbonyl (C=O) groups is 2. The van der Waals surface area contributed by atoms with Crippen LogP contribution < -0.4 is 0 Å². The van der Waals surface area contributed by atoms with E-state index >= 15 is 0 Å². The minimum absolute atomic E-state index is 0.0418. The lowest BCUT2D eigenvalue weighted by molar-refractivity contribution is -0.188. The predicted octanol–water partition coefficient (Wildman–Crippen LogP) is 4.36. The van der Waals surface area contributed by atoms with Crippen molar-refractivity contribution >= 4 is 17.5 Å². The molecule has 1 spiro atoms. The quantitative estimate of drug-likeness (QED) is 0.442. The Labute approximate surface area is 161 Å². The summed E-state index contributed by atoms with van der Waals surface area (Å²) in [6, 6.07) is 0. The summed E-state index contributed by atoms with van der Waals surface area (Å²) in [4.78, 5) is 26.3. The Bertz CT molecular complexity index is 717. The molecule has 0 aromatic carbocycles. The first-order valence-corrected chi connectivity index (χ1v) is 10.6. The summed E-state index contributed by atoms with van der Waals surface area (Å²) in [6.45, 7) is 8.79. The Hall–Kier alpha value is -1.39.